The van der Waals surface area contributed by atoms with Crippen molar-refractivity contribution in [3.8, 4) is 0 Å². The second-order valence-corrected chi connectivity index (χ2v) is 6.70. The van der Waals surface area contributed by atoms with E-state index in [1.54, 1.807) is 12.1 Å². The Morgan fingerprint density at radius 2 is 1.90 bits per heavy atom. The molecular formula is C16H19ClN2OS. The maximum absolute atomic E-state index is 12.0. The van der Waals surface area contributed by atoms with Gasteiger partial charge in [0.15, 0.2) is 0 Å². The smallest absolute Gasteiger partial charge is 0.265 e. The minimum atomic E-state index is -0.129. The largest absolute Gasteiger partial charge is 0.369 e. The normalized spacial score (nSPS) is 10.7. The van der Waals surface area contributed by atoms with Crippen molar-refractivity contribution in [2.75, 3.05) is 16.8 Å². The quantitative estimate of drug-likeness (QED) is 0.850. The Hall–Kier alpha value is -1.52. The van der Waals surface area contributed by atoms with Gasteiger partial charge in [0.1, 0.15) is 0 Å². The molecule has 5 heteroatoms. The third-order valence-corrected chi connectivity index (χ3v) is 4.45. The number of benzene rings is 1. The molecule has 1 aromatic heterocycles. The molecule has 2 rings (SSSR count). The van der Waals surface area contributed by atoms with E-state index >= 15 is 0 Å². The Balaban J connectivity index is 2.07. The van der Waals surface area contributed by atoms with E-state index in [1.807, 2.05) is 24.3 Å². The van der Waals surface area contributed by atoms with Crippen molar-refractivity contribution in [3.05, 3.63) is 45.6 Å². The van der Waals surface area contributed by atoms with Crippen LogP contribution in [-0.2, 0) is 0 Å². The van der Waals surface area contributed by atoms with Crippen molar-refractivity contribution >= 4 is 40.2 Å². The third kappa shape index (κ3) is 3.99. The highest BCUT2D eigenvalue weighted by Gasteiger charge is 2.10. The van der Waals surface area contributed by atoms with Gasteiger partial charge in [-0.25, -0.2) is 0 Å². The van der Waals surface area contributed by atoms with E-state index in [1.165, 1.54) is 11.3 Å². The summed E-state index contributed by atoms with van der Waals surface area (Å²) in [6.07, 6.45) is 0. The first kappa shape index (κ1) is 15.9. The van der Waals surface area contributed by atoms with E-state index in [-0.39, 0.29) is 5.91 Å². The summed E-state index contributed by atoms with van der Waals surface area (Å²) >= 11 is 7.12. The molecule has 0 aliphatic heterocycles. The van der Waals surface area contributed by atoms with E-state index in [0.717, 1.165) is 17.9 Å². The number of amides is 1. The number of rotatable bonds is 5. The molecule has 0 saturated carbocycles. The van der Waals surface area contributed by atoms with Crippen LogP contribution in [0.25, 0.3) is 0 Å². The van der Waals surface area contributed by atoms with Gasteiger partial charge in [-0.3, -0.25) is 4.79 Å². The number of halogens is 1. The lowest BCUT2D eigenvalue weighted by molar-refractivity contribution is 0.103. The van der Waals surface area contributed by atoms with Gasteiger partial charge in [-0.2, -0.15) is 0 Å². The van der Waals surface area contributed by atoms with Crippen LogP contribution < -0.4 is 10.2 Å². The summed E-state index contributed by atoms with van der Waals surface area (Å²) in [6, 6.07) is 11.8. The van der Waals surface area contributed by atoms with Crippen LogP contribution in [0.4, 0.5) is 11.4 Å². The van der Waals surface area contributed by atoms with Gasteiger partial charge in [0, 0.05) is 24.0 Å². The molecule has 1 N–H and O–H groups in total. The van der Waals surface area contributed by atoms with Gasteiger partial charge in [-0.15, -0.1) is 11.3 Å². The number of carbonyl (C=O) groups excluding carboxylic acids is 1. The van der Waals surface area contributed by atoms with Gasteiger partial charge < -0.3 is 10.2 Å². The van der Waals surface area contributed by atoms with Crippen LogP contribution in [0.15, 0.2) is 36.4 Å². The second-order valence-electron chi connectivity index (χ2n) is 4.98. The first-order chi connectivity index (χ1) is 10.0. The third-order valence-electron chi connectivity index (χ3n) is 3.22. The van der Waals surface area contributed by atoms with Crippen LogP contribution >= 0.6 is 22.9 Å². The summed E-state index contributed by atoms with van der Waals surface area (Å²) < 4.78 is 0.617. The summed E-state index contributed by atoms with van der Waals surface area (Å²) in [4.78, 5) is 14.9. The van der Waals surface area contributed by atoms with Crippen molar-refractivity contribution in [3.63, 3.8) is 0 Å². The van der Waals surface area contributed by atoms with E-state index in [2.05, 4.69) is 31.0 Å². The van der Waals surface area contributed by atoms with Gasteiger partial charge in [0.25, 0.3) is 5.91 Å². The van der Waals surface area contributed by atoms with E-state index in [9.17, 15) is 4.79 Å². The molecule has 0 saturated heterocycles. The lowest BCUT2D eigenvalue weighted by Gasteiger charge is -2.27. The number of hydrogen-bond donors (Lipinski definition) is 1. The molecular weight excluding hydrogens is 304 g/mol. The summed E-state index contributed by atoms with van der Waals surface area (Å²) in [6.45, 7) is 7.42. The van der Waals surface area contributed by atoms with Crippen LogP contribution in [0.1, 0.15) is 30.4 Å². The van der Waals surface area contributed by atoms with Crippen LogP contribution in [0.2, 0.25) is 4.34 Å². The fourth-order valence-electron chi connectivity index (χ4n) is 2.21. The SMILES string of the molecule is CCN(c1ccc(NC(=O)c2ccc(Cl)s2)cc1)C(C)C. The predicted molar refractivity (Wildman–Crippen MR) is 91.9 cm³/mol. The molecule has 1 aromatic carbocycles. The van der Waals surface area contributed by atoms with Crippen LogP contribution in [-0.4, -0.2) is 18.5 Å². The van der Waals surface area contributed by atoms with Crippen LogP contribution in [0.3, 0.4) is 0 Å². The molecule has 3 nitrogen and oxygen atoms in total. The molecule has 1 amide bonds. The predicted octanol–water partition coefficient (Wildman–Crippen LogP) is 4.89. The lowest BCUT2D eigenvalue weighted by atomic mass is 10.2. The molecule has 2 aromatic rings. The molecule has 0 spiro atoms. The number of nitrogens with one attached hydrogen (secondary N) is 1. The monoisotopic (exact) mass is 322 g/mol. The van der Waals surface area contributed by atoms with Gasteiger partial charge in [0.2, 0.25) is 0 Å². The first-order valence-corrected chi connectivity index (χ1v) is 8.14. The van der Waals surface area contributed by atoms with Gasteiger partial charge in [-0.05, 0) is 57.2 Å². The summed E-state index contributed by atoms with van der Waals surface area (Å²) in [5, 5.41) is 2.88. The molecule has 0 aliphatic carbocycles. The summed E-state index contributed by atoms with van der Waals surface area (Å²) in [5.74, 6) is -0.129. The highest BCUT2D eigenvalue weighted by Crippen LogP contribution is 2.24. The minimum Gasteiger partial charge on any atom is -0.369 e. The van der Waals surface area contributed by atoms with Crippen molar-refractivity contribution in [2.24, 2.45) is 0 Å². The molecule has 0 aliphatic rings. The Bertz CT molecular complexity index is 607. The minimum absolute atomic E-state index is 0.129. The molecule has 0 radical (unpaired) electrons. The topological polar surface area (TPSA) is 32.3 Å². The van der Waals surface area contributed by atoms with Crippen molar-refractivity contribution in [2.45, 2.75) is 26.8 Å². The highest BCUT2D eigenvalue weighted by atomic mass is 35.5. The first-order valence-electron chi connectivity index (χ1n) is 6.94. The Morgan fingerprint density at radius 3 is 2.38 bits per heavy atom. The Labute approximate surface area is 134 Å². The molecule has 0 fully saturated rings. The summed E-state index contributed by atoms with van der Waals surface area (Å²) in [7, 11) is 0. The fraction of sp³-hybridized carbons (Fsp3) is 0.312. The number of thiophene rings is 1. The van der Waals surface area contributed by atoms with Gasteiger partial charge >= 0.3 is 0 Å². The number of carbonyl (C=O) groups is 1. The number of hydrogen-bond acceptors (Lipinski definition) is 3. The standard InChI is InChI=1S/C16H19ClN2OS/c1-4-19(11(2)3)13-7-5-12(6-8-13)18-16(20)14-9-10-15(17)21-14/h5-11H,4H2,1-3H3,(H,18,20). The van der Waals surface area contributed by atoms with Crippen LogP contribution in [0.5, 0.6) is 0 Å². The van der Waals surface area contributed by atoms with Crippen molar-refractivity contribution in [1.82, 2.24) is 0 Å². The van der Waals surface area contributed by atoms with E-state index < -0.39 is 0 Å². The zero-order valence-corrected chi connectivity index (χ0v) is 14.0. The zero-order chi connectivity index (χ0) is 15.4. The Kier molecular flexibility index (Phi) is 5.26. The molecule has 0 atom stereocenters. The van der Waals surface area contributed by atoms with Crippen molar-refractivity contribution in [1.29, 1.82) is 0 Å². The molecule has 0 unspecified atom stereocenters. The van der Waals surface area contributed by atoms with Crippen LogP contribution in [0, 0.1) is 0 Å². The van der Waals surface area contributed by atoms with E-state index in [0.29, 0.717) is 15.3 Å². The second kappa shape index (κ2) is 6.96. The highest BCUT2D eigenvalue weighted by molar-refractivity contribution is 7.18. The maximum atomic E-state index is 12.0. The zero-order valence-electron chi connectivity index (χ0n) is 12.4. The van der Waals surface area contributed by atoms with Gasteiger partial charge in [0.05, 0.1) is 9.21 Å². The number of anilines is 2. The Morgan fingerprint density at radius 1 is 1.24 bits per heavy atom. The fourth-order valence-corrected chi connectivity index (χ4v) is 3.15. The average molecular weight is 323 g/mol. The van der Waals surface area contributed by atoms with E-state index in [4.69, 9.17) is 11.6 Å². The number of nitrogens with zero attached hydrogens (tertiary/aromatic N) is 1. The average Bonchev–Trinajstić information content (AvgIpc) is 2.88. The van der Waals surface area contributed by atoms with Crippen molar-refractivity contribution < 1.29 is 4.79 Å². The maximum Gasteiger partial charge on any atom is 0.265 e. The lowest BCUT2D eigenvalue weighted by Crippen LogP contribution is -2.30. The van der Waals surface area contributed by atoms with Gasteiger partial charge in [-0.1, -0.05) is 11.6 Å². The summed E-state index contributed by atoms with van der Waals surface area (Å²) in [5.41, 5.74) is 1.94. The molecule has 112 valence electrons. The molecule has 21 heavy (non-hydrogen) atoms. The molecule has 0 bridgehead atoms. The molecule has 1 heterocycles.